The monoisotopic (exact) mass is 442 g/mol. The normalized spacial score (nSPS) is 11.8. The van der Waals surface area contributed by atoms with Crippen LogP contribution in [-0.2, 0) is 0 Å². The molecule has 0 saturated carbocycles. The van der Waals surface area contributed by atoms with E-state index in [2.05, 4.69) is 109 Å². The summed E-state index contributed by atoms with van der Waals surface area (Å²) in [6.07, 6.45) is 0. The van der Waals surface area contributed by atoms with Crippen LogP contribution >= 0.6 is 22.7 Å². The smallest absolute Gasteiger partial charge is 0.0355 e. The molecule has 0 N–H and O–H groups in total. The van der Waals surface area contributed by atoms with Crippen molar-refractivity contribution < 1.29 is 0 Å². The van der Waals surface area contributed by atoms with Gasteiger partial charge in [-0.2, -0.15) is 0 Å². The summed E-state index contributed by atoms with van der Waals surface area (Å²) < 4.78 is 2.69. The summed E-state index contributed by atoms with van der Waals surface area (Å²) in [5, 5.41) is 10.2. The quantitative estimate of drug-likeness (QED) is 0.234. The topological polar surface area (TPSA) is 0 Å². The maximum atomic E-state index is 2.38. The largest absolute Gasteiger partial charge is 0.143 e. The summed E-state index contributed by atoms with van der Waals surface area (Å²) in [5.41, 5.74) is 3.90. The van der Waals surface area contributed by atoms with Crippen molar-refractivity contribution in [2.75, 3.05) is 0 Å². The summed E-state index contributed by atoms with van der Waals surface area (Å²) >= 11 is 3.71. The Morgan fingerprint density at radius 1 is 0.469 bits per heavy atom. The van der Waals surface area contributed by atoms with E-state index in [9.17, 15) is 0 Å². The first-order chi connectivity index (χ1) is 15.8. The number of rotatable bonds is 2. The van der Waals surface area contributed by atoms with Crippen LogP contribution in [0.15, 0.2) is 109 Å². The van der Waals surface area contributed by atoms with Crippen LogP contribution in [0.4, 0.5) is 0 Å². The molecule has 2 aromatic heterocycles. The predicted octanol–water partition coefficient (Wildman–Crippen LogP) is 9.76. The Morgan fingerprint density at radius 2 is 1.19 bits per heavy atom. The fourth-order valence-electron chi connectivity index (χ4n) is 4.70. The lowest BCUT2D eigenvalue weighted by Crippen LogP contribution is -1.79. The van der Waals surface area contributed by atoms with E-state index in [1.54, 1.807) is 0 Å². The molecule has 0 aliphatic heterocycles. The maximum absolute atomic E-state index is 2.38. The first-order valence-electron chi connectivity index (χ1n) is 10.8. The van der Waals surface area contributed by atoms with Gasteiger partial charge in [0.2, 0.25) is 0 Å². The zero-order valence-electron chi connectivity index (χ0n) is 17.2. The van der Waals surface area contributed by atoms with E-state index in [4.69, 9.17) is 0 Å². The molecule has 7 aromatic rings. The highest BCUT2D eigenvalue weighted by molar-refractivity contribution is 7.22. The van der Waals surface area contributed by atoms with E-state index >= 15 is 0 Å². The van der Waals surface area contributed by atoms with Gasteiger partial charge < -0.3 is 0 Å². The van der Waals surface area contributed by atoms with E-state index in [0.717, 1.165) is 0 Å². The van der Waals surface area contributed by atoms with Crippen LogP contribution in [0, 0.1) is 0 Å². The first kappa shape index (κ1) is 18.1. The molecule has 32 heavy (non-hydrogen) atoms. The molecule has 0 bridgehead atoms. The molecule has 0 amide bonds. The predicted molar refractivity (Wildman–Crippen MR) is 143 cm³/mol. The highest BCUT2D eigenvalue weighted by Crippen LogP contribution is 2.41. The van der Waals surface area contributed by atoms with Gasteiger partial charge in [-0.05, 0) is 74.5 Å². The molecule has 0 aliphatic rings. The number of hydrogen-bond acceptors (Lipinski definition) is 2. The van der Waals surface area contributed by atoms with Crippen LogP contribution in [-0.4, -0.2) is 0 Å². The third-order valence-corrected chi connectivity index (χ3v) is 8.40. The van der Waals surface area contributed by atoms with Gasteiger partial charge in [0.25, 0.3) is 0 Å². The van der Waals surface area contributed by atoms with E-state index < -0.39 is 0 Å². The standard InChI is InChI=1S/C30H18S2/c1-3-7-19(8-4-1)27-18-31-30-16-23-14-24-21(13-22(23)15-25(27)30)11-12-28-26(24)17-29(32-28)20-9-5-2-6-10-20/h1-18H. The van der Waals surface area contributed by atoms with Gasteiger partial charge >= 0.3 is 0 Å². The summed E-state index contributed by atoms with van der Waals surface area (Å²) in [7, 11) is 0. The molecule has 5 aromatic carbocycles. The maximum Gasteiger partial charge on any atom is 0.0355 e. The van der Waals surface area contributed by atoms with E-state index in [0.29, 0.717) is 0 Å². The molecule has 0 saturated heterocycles. The molecule has 0 unspecified atom stereocenters. The Bertz CT molecular complexity index is 1750. The van der Waals surface area contributed by atoms with Crippen LogP contribution in [0.1, 0.15) is 0 Å². The first-order valence-corrected chi connectivity index (χ1v) is 12.5. The van der Waals surface area contributed by atoms with Crippen molar-refractivity contribution in [3.8, 4) is 21.6 Å². The molecule has 0 atom stereocenters. The molecule has 2 heterocycles. The van der Waals surface area contributed by atoms with E-state index in [-0.39, 0.29) is 0 Å². The lowest BCUT2D eigenvalue weighted by molar-refractivity contribution is 1.69. The minimum atomic E-state index is 1.28. The molecule has 0 fully saturated rings. The minimum absolute atomic E-state index is 1.28. The van der Waals surface area contributed by atoms with Crippen molar-refractivity contribution in [3.05, 3.63) is 109 Å². The molecule has 0 nitrogen and oxygen atoms in total. The molecular weight excluding hydrogens is 424 g/mol. The summed E-state index contributed by atoms with van der Waals surface area (Å²) in [6, 6.07) is 37.8. The Labute approximate surface area is 194 Å². The Morgan fingerprint density at radius 3 is 2.00 bits per heavy atom. The molecule has 0 aliphatic carbocycles. The van der Waals surface area contributed by atoms with Crippen molar-refractivity contribution in [1.82, 2.24) is 0 Å². The fraction of sp³-hybridized carbons (Fsp3) is 0. The lowest BCUT2D eigenvalue weighted by atomic mass is 9.98. The number of hydrogen-bond donors (Lipinski definition) is 0. The average molecular weight is 443 g/mol. The number of fused-ring (bicyclic) bond motifs is 5. The van der Waals surface area contributed by atoms with Crippen molar-refractivity contribution in [3.63, 3.8) is 0 Å². The molecule has 2 heteroatoms. The van der Waals surface area contributed by atoms with Gasteiger partial charge in [-0.1, -0.05) is 66.7 Å². The Kier molecular flexibility index (Phi) is 3.98. The number of benzene rings is 5. The summed E-state index contributed by atoms with van der Waals surface area (Å²) in [5.74, 6) is 0. The van der Waals surface area contributed by atoms with Crippen LogP contribution in [0.5, 0.6) is 0 Å². The van der Waals surface area contributed by atoms with Gasteiger partial charge in [-0.25, -0.2) is 0 Å². The van der Waals surface area contributed by atoms with Gasteiger partial charge in [-0.15, -0.1) is 22.7 Å². The second-order valence-electron chi connectivity index (χ2n) is 8.24. The second-order valence-corrected chi connectivity index (χ2v) is 10.2. The highest BCUT2D eigenvalue weighted by atomic mass is 32.1. The Balaban J connectivity index is 1.46. The Hall–Kier alpha value is -3.46. The minimum Gasteiger partial charge on any atom is -0.143 e. The molecule has 0 radical (unpaired) electrons. The average Bonchev–Trinajstić information content (AvgIpc) is 3.47. The molecule has 7 rings (SSSR count). The van der Waals surface area contributed by atoms with Gasteiger partial charge in [-0.3, -0.25) is 0 Å². The third-order valence-electron chi connectivity index (χ3n) is 6.31. The van der Waals surface area contributed by atoms with Crippen molar-refractivity contribution >= 4 is 64.4 Å². The third kappa shape index (κ3) is 2.81. The van der Waals surface area contributed by atoms with Crippen LogP contribution in [0.25, 0.3) is 63.3 Å². The van der Waals surface area contributed by atoms with Gasteiger partial charge in [0, 0.05) is 30.6 Å². The molecule has 150 valence electrons. The highest BCUT2D eigenvalue weighted by Gasteiger charge is 2.11. The van der Waals surface area contributed by atoms with Crippen molar-refractivity contribution in [2.24, 2.45) is 0 Å². The van der Waals surface area contributed by atoms with Crippen LogP contribution in [0.3, 0.4) is 0 Å². The van der Waals surface area contributed by atoms with Gasteiger partial charge in [0.1, 0.15) is 0 Å². The molecular formula is C30H18S2. The molecule has 0 spiro atoms. The second kappa shape index (κ2) is 7.03. The van der Waals surface area contributed by atoms with E-state index in [1.165, 1.54) is 63.3 Å². The van der Waals surface area contributed by atoms with E-state index in [1.807, 2.05) is 22.7 Å². The zero-order valence-corrected chi connectivity index (χ0v) is 18.8. The van der Waals surface area contributed by atoms with Crippen LogP contribution in [0.2, 0.25) is 0 Å². The van der Waals surface area contributed by atoms with Crippen LogP contribution < -0.4 is 0 Å². The SMILES string of the molecule is c1ccc(-c2cc3c(ccc4cc5cc6c(-c7ccccc7)csc6cc5cc43)s2)cc1. The lowest BCUT2D eigenvalue weighted by Gasteiger charge is -2.06. The van der Waals surface area contributed by atoms with Gasteiger partial charge in [0.05, 0.1) is 0 Å². The fourth-order valence-corrected chi connectivity index (χ4v) is 6.78. The summed E-state index contributed by atoms with van der Waals surface area (Å²) in [4.78, 5) is 1.33. The number of thiophene rings is 2. The van der Waals surface area contributed by atoms with Gasteiger partial charge in [0.15, 0.2) is 0 Å². The zero-order chi connectivity index (χ0) is 21.1. The van der Waals surface area contributed by atoms with Crippen molar-refractivity contribution in [2.45, 2.75) is 0 Å². The van der Waals surface area contributed by atoms with Crippen molar-refractivity contribution in [1.29, 1.82) is 0 Å². The summed E-state index contributed by atoms with van der Waals surface area (Å²) in [6.45, 7) is 0.